The van der Waals surface area contributed by atoms with E-state index in [-0.39, 0.29) is 0 Å². The topological polar surface area (TPSA) is 49.7 Å². The van der Waals surface area contributed by atoms with Crippen LogP contribution >= 0.6 is 0 Å². The van der Waals surface area contributed by atoms with Gasteiger partial charge in [-0.05, 0) is 64.2 Å². The van der Waals surface area contributed by atoms with Crippen LogP contribution in [-0.2, 0) is 6.42 Å². The summed E-state index contributed by atoms with van der Waals surface area (Å²) in [5.41, 5.74) is 1.52. The zero-order valence-corrected chi connectivity index (χ0v) is 13.6. The minimum absolute atomic E-state index is 0.592. The zero-order valence-electron chi connectivity index (χ0n) is 13.6. The Morgan fingerprint density at radius 2 is 1.90 bits per heavy atom. The summed E-state index contributed by atoms with van der Waals surface area (Å²) in [4.78, 5) is 0. The van der Waals surface area contributed by atoms with Crippen molar-refractivity contribution in [3.8, 4) is 5.75 Å². The molecule has 3 heteroatoms. The van der Waals surface area contributed by atoms with Crippen LogP contribution in [0.25, 0.3) is 0 Å². The molecule has 0 saturated heterocycles. The normalized spacial score (nSPS) is 14.1. The largest absolute Gasteiger partial charge is 0.497 e. The van der Waals surface area contributed by atoms with Gasteiger partial charge in [-0.2, -0.15) is 0 Å². The van der Waals surface area contributed by atoms with Crippen LogP contribution < -0.4 is 4.74 Å². The number of aliphatic hydroxyl groups is 2. The number of ether oxygens (including phenoxy) is 1. The Bertz CT molecular complexity index is 441. The fraction of sp³-hybridized carbons (Fsp3) is 0.556. The van der Waals surface area contributed by atoms with E-state index >= 15 is 0 Å². The summed E-state index contributed by atoms with van der Waals surface area (Å²) in [6.45, 7) is 5.35. The molecule has 2 N–H and O–H groups in total. The second kappa shape index (κ2) is 8.20. The van der Waals surface area contributed by atoms with Crippen molar-refractivity contribution in [3.05, 3.63) is 41.5 Å². The second-order valence-corrected chi connectivity index (χ2v) is 6.15. The summed E-state index contributed by atoms with van der Waals surface area (Å²) in [7, 11) is 1.67. The van der Waals surface area contributed by atoms with Crippen molar-refractivity contribution in [2.45, 2.75) is 58.2 Å². The van der Waals surface area contributed by atoms with Crippen molar-refractivity contribution in [2.24, 2.45) is 0 Å². The fourth-order valence-electron chi connectivity index (χ4n) is 2.10. The molecule has 0 aliphatic heterocycles. The van der Waals surface area contributed by atoms with Gasteiger partial charge in [-0.15, -0.1) is 0 Å². The highest BCUT2D eigenvalue weighted by Crippen LogP contribution is 2.17. The molecule has 0 spiro atoms. The molecule has 3 nitrogen and oxygen atoms in total. The first-order valence-electron chi connectivity index (χ1n) is 7.52. The van der Waals surface area contributed by atoms with E-state index in [9.17, 15) is 10.2 Å². The van der Waals surface area contributed by atoms with Gasteiger partial charge in [-0.1, -0.05) is 23.8 Å². The smallest absolute Gasteiger partial charge is 0.118 e. The molecular formula is C18H28O3. The van der Waals surface area contributed by atoms with Crippen molar-refractivity contribution in [3.63, 3.8) is 0 Å². The van der Waals surface area contributed by atoms with E-state index in [2.05, 4.69) is 25.1 Å². The third kappa shape index (κ3) is 6.78. The Hall–Kier alpha value is -1.32. The molecule has 118 valence electrons. The zero-order chi connectivity index (χ0) is 15.9. The van der Waals surface area contributed by atoms with Crippen molar-refractivity contribution >= 4 is 0 Å². The Labute approximate surface area is 128 Å². The summed E-state index contributed by atoms with van der Waals surface area (Å²) in [6, 6.07) is 8.12. The van der Waals surface area contributed by atoms with Gasteiger partial charge in [-0.25, -0.2) is 0 Å². The van der Waals surface area contributed by atoms with Gasteiger partial charge in [0.15, 0.2) is 0 Å². The standard InChI is InChI=1S/C18H28O3/c1-14(8-13-17(19)18(2,3)20)6-5-7-15-9-11-16(21-4)12-10-15/h6,9-12,17,19-20H,5,7-8,13H2,1-4H3/t17-/m0/s1. The SMILES string of the molecule is COc1ccc(CCC=C(C)CC[C@H](O)C(C)(C)O)cc1. The van der Waals surface area contributed by atoms with Gasteiger partial charge >= 0.3 is 0 Å². The predicted octanol–water partition coefficient (Wildman–Crippen LogP) is 3.49. The van der Waals surface area contributed by atoms with Gasteiger partial charge < -0.3 is 14.9 Å². The Morgan fingerprint density at radius 1 is 1.29 bits per heavy atom. The van der Waals surface area contributed by atoms with Crippen molar-refractivity contribution in [1.82, 2.24) is 0 Å². The van der Waals surface area contributed by atoms with E-state index in [0.29, 0.717) is 6.42 Å². The first kappa shape index (κ1) is 17.7. The van der Waals surface area contributed by atoms with Crippen LogP contribution in [0.5, 0.6) is 5.75 Å². The van der Waals surface area contributed by atoms with E-state index < -0.39 is 11.7 Å². The summed E-state index contributed by atoms with van der Waals surface area (Å²) in [5.74, 6) is 0.881. The van der Waals surface area contributed by atoms with Crippen LogP contribution in [0.3, 0.4) is 0 Å². The molecule has 1 atom stereocenters. The van der Waals surface area contributed by atoms with Gasteiger partial charge in [0.2, 0.25) is 0 Å². The first-order chi connectivity index (χ1) is 9.82. The Morgan fingerprint density at radius 3 is 2.43 bits per heavy atom. The highest BCUT2D eigenvalue weighted by molar-refractivity contribution is 5.27. The quantitative estimate of drug-likeness (QED) is 0.721. The molecule has 0 radical (unpaired) electrons. The highest BCUT2D eigenvalue weighted by Gasteiger charge is 2.23. The molecule has 0 bridgehead atoms. The van der Waals surface area contributed by atoms with Crippen LogP contribution in [0.15, 0.2) is 35.9 Å². The minimum Gasteiger partial charge on any atom is -0.497 e. The predicted molar refractivity (Wildman–Crippen MR) is 86.6 cm³/mol. The first-order valence-corrected chi connectivity index (χ1v) is 7.52. The van der Waals surface area contributed by atoms with Crippen molar-refractivity contribution in [2.75, 3.05) is 7.11 Å². The number of rotatable bonds is 8. The molecule has 1 aromatic rings. The van der Waals surface area contributed by atoms with Crippen LogP contribution in [0.2, 0.25) is 0 Å². The molecule has 0 heterocycles. The molecule has 1 aromatic carbocycles. The van der Waals surface area contributed by atoms with Gasteiger partial charge in [-0.3, -0.25) is 0 Å². The van der Waals surface area contributed by atoms with Gasteiger partial charge in [0, 0.05) is 0 Å². The molecule has 0 aliphatic rings. The number of allylic oxidation sites excluding steroid dienone is 2. The highest BCUT2D eigenvalue weighted by atomic mass is 16.5. The van der Waals surface area contributed by atoms with Crippen molar-refractivity contribution < 1.29 is 14.9 Å². The number of hydrogen-bond acceptors (Lipinski definition) is 3. The number of aliphatic hydroxyl groups excluding tert-OH is 1. The maximum absolute atomic E-state index is 9.80. The average molecular weight is 292 g/mol. The van der Waals surface area contributed by atoms with Crippen LogP contribution in [0.1, 0.15) is 45.6 Å². The lowest BCUT2D eigenvalue weighted by Crippen LogP contribution is -2.35. The second-order valence-electron chi connectivity index (χ2n) is 6.15. The summed E-state index contributed by atoms with van der Waals surface area (Å²) < 4.78 is 5.14. The summed E-state index contributed by atoms with van der Waals surface area (Å²) >= 11 is 0. The fourth-order valence-corrected chi connectivity index (χ4v) is 2.10. The maximum Gasteiger partial charge on any atom is 0.118 e. The van der Waals surface area contributed by atoms with E-state index in [0.717, 1.165) is 25.0 Å². The van der Waals surface area contributed by atoms with E-state index in [4.69, 9.17) is 4.74 Å². The lowest BCUT2D eigenvalue weighted by atomic mass is 9.95. The molecule has 1 rings (SSSR count). The van der Waals surface area contributed by atoms with Gasteiger partial charge in [0.1, 0.15) is 5.75 Å². The molecule has 0 saturated carbocycles. The Kier molecular flexibility index (Phi) is 6.93. The van der Waals surface area contributed by atoms with E-state index in [1.807, 2.05) is 12.1 Å². The third-order valence-corrected chi connectivity index (χ3v) is 3.71. The lowest BCUT2D eigenvalue weighted by Gasteiger charge is -2.24. The van der Waals surface area contributed by atoms with Crippen LogP contribution in [0, 0.1) is 0 Å². The Balaban J connectivity index is 2.35. The average Bonchev–Trinajstić information content (AvgIpc) is 2.44. The maximum atomic E-state index is 9.80. The summed E-state index contributed by atoms with van der Waals surface area (Å²) in [6.07, 6.45) is 4.91. The molecule has 0 fully saturated rings. The van der Waals surface area contributed by atoms with E-state index in [1.54, 1.807) is 21.0 Å². The third-order valence-electron chi connectivity index (χ3n) is 3.71. The van der Waals surface area contributed by atoms with Gasteiger partial charge in [0.25, 0.3) is 0 Å². The molecule has 0 aliphatic carbocycles. The number of methoxy groups -OCH3 is 1. The van der Waals surface area contributed by atoms with Crippen LogP contribution in [0.4, 0.5) is 0 Å². The number of benzene rings is 1. The number of aryl methyl sites for hydroxylation is 1. The molecule has 0 aromatic heterocycles. The molecule has 0 amide bonds. The van der Waals surface area contributed by atoms with Gasteiger partial charge in [0.05, 0.1) is 18.8 Å². The van der Waals surface area contributed by atoms with E-state index in [1.165, 1.54) is 11.1 Å². The molecule has 0 unspecified atom stereocenters. The lowest BCUT2D eigenvalue weighted by molar-refractivity contribution is -0.0509. The molecule has 21 heavy (non-hydrogen) atoms. The molecular weight excluding hydrogens is 264 g/mol. The number of hydrogen-bond donors (Lipinski definition) is 2. The monoisotopic (exact) mass is 292 g/mol. The van der Waals surface area contributed by atoms with Crippen molar-refractivity contribution in [1.29, 1.82) is 0 Å². The minimum atomic E-state index is -1.02. The van der Waals surface area contributed by atoms with Crippen LogP contribution in [-0.4, -0.2) is 29.0 Å². The summed E-state index contributed by atoms with van der Waals surface area (Å²) in [5, 5.41) is 19.5.